The third kappa shape index (κ3) is 3.95. The van der Waals surface area contributed by atoms with Gasteiger partial charge in [0.25, 0.3) is 0 Å². The molecule has 0 bridgehead atoms. The fraction of sp³-hybridized carbons (Fsp3) is 0.150. The monoisotopic (exact) mass is 440 g/mol. The molecule has 162 valence electrons. The van der Waals surface area contributed by atoms with Gasteiger partial charge in [0.05, 0.1) is 17.0 Å². The van der Waals surface area contributed by atoms with Gasteiger partial charge in [-0.1, -0.05) is 0 Å². The lowest BCUT2D eigenvalue weighted by molar-refractivity contribution is -0.0489. The lowest BCUT2D eigenvalue weighted by atomic mass is 10.1. The zero-order valence-electron chi connectivity index (χ0n) is 16.8. The summed E-state index contributed by atoms with van der Waals surface area (Å²) in [7, 11) is 0. The molecule has 1 aromatic carbocycles. The average Bonchev–Trinajstić information content (AvgIpc) is 3.28. The summed E-state index contributed by atoms with van der Waals surface area (Å²) in [6, 6.07) is 8.79. The van der Waals surface area contributed by atoms with Gasteiger partial charge in [-0.25, -0.2) is 19.0 Å². The lowest BCUT2D eigenvalue weighted by Gasteiger charge is -2.10. The van der Waals surface area contributed by atoms with E-state index >= 15 is 0 Å². The molecule has 0 saturated carbocycles. The molecule has 0 spiro atoms. The van der Waals surface area contributed by atoms with Crippen molar-refractivity contribution < 1.29 is 17.9 Å². The van der Waals surface area contributed by atoms with Gasteiger partial charge in [0.1, 0.15) is 29.7 Å². The predicted octanol–water partition coefficient (Wildman–Crippen LogP) is 4.03. The Balaban J connectivity index is 1.70. The van der Waals surface area contributed by atoms with E-state index in [0.29, 0.717) is 28.3 Å². The number of H-pyrrole nitrogens is 1. The number of hydrogen-bond acceptors (Lipinski definition) is 7. The van der Waals surface area contributed by atoms with E-state index < -0.39 is 12.4 Å². The van der Waals surface area contributed by atoms with Gasteiger partial charge in [-0.15, -0.1) is 0 Å². The van der Waals surface area contributed by atoms with Crippen LogP contribution in [-0.2, 0) is 0 Å². The molecule has 9 nitrogen and oxygen atoms in total. The minimum absolute atomic E-state index is 0.0552. The molecule has 0 unspecified atom stereocenters. The second kappa shape index (κ2) is 8.38. The first-order valence-corrected chi connectivity index (χ1v) is 9.22. The Kier molecular flexibility index (Phi) is 5.46. The van der Waals surface area contributed by atoms with Crippen LogP contribution in [0.2, 0.25) is 0 Å². The molecule has 2 N–H and O–H groups in total. The van der Waals surface area contributed by atoms with Gasteiger partial charge in [0, 0.05) is 11.6 Å². The topological polar surface area (TPSA) is 117 Å². The van der Waals surface area contributed by atoms with Crippen LogP contribution < -0.4 is 10.1 Å². The Morgan fingerprint density at radius 3 is 2.59 bits per heavy atom. The minimum atomic E-state index is -3.12. The van der Waals surface area contributed by atoms with E-state index in [-0.39, 0.29) is 23.1 Å². The summed E-state index contributed by atoms with van der Waals surface area (Å²) in [5.74, 6) is -0.210. The summed E-state index contributed by atoms with van der Waals surface area (Å²) in [5, 5.41) is 23.0. The van der Waals surface area contributed by atoms with E-state index in [1.54, 1.807) is 13.8 Å². The molecule has 32 heavy (non-hydrogen) atoms. The molecule has 3 aromatic heterocycles. The Bertz CT molecular complexity index is 1310. The average molecular weight is 440 g/mol. The Morgan fingerprint density at radius 1 is 1.19 bits per heavy atom. The van der Waals surface area contributed by atoms with Gasteiger partial charge in [0.2, 0.25) is 0 Å². The van der Waals surface area contributed by atoms with Crippen molar-refractivity contribution in [3.63, 3.8) is 0 Å². The molecule has 0 amide bonds. The molecule has 0 atom stereocenters. The second-order valence-corrected chi connectivity index (χ2v) is 6.62. The number of hydrogen-bond donors (Lipinski definition) is 2. The van der Waals surface area contributed by atoms with Gasteiger partial charge in [-0.2, -0.15) is 24.2 Å². The third-order valence-electron chi connectivity index (χ3n) is 4.58. The summed E-state index contributed by atoms with van der Waals surface area (Å²) in [6.07, 6.45) is 1.25. The fourth-order valence-corrected chi connectivity index (χ4v) is 3.11. The number of nitrogens with one attached hydrogen (secondary N) is 2. The lowest BCUT2D eigenvalue weighted by Crippen LogP contribution is -2.06. The molecule has 0 aliphatic rings. The SMILES string of the molecule is Cc1nn(-c2cc(Nc3n[nH]c(-c4ccc(F)cc4)c3OC(F)F)ncn2)c(C)c1C#N. The number of rotatable bonds is 6. The number of nitrogens with zero attached hydrogens (tertiary/aromatic N) is 6. The second-order valence-electron chi connectivity index (χ2n) is 6.62. The molecule has 12 heteroatoms. The summed E-state index contributed by atoms with van der Waals surface area (Å²) < 4.78 is 45.5. The Morgan fingerprint density at radius 2 is 1.94 bits per heavy atom. The molecule has 0 aliphatic carbocycles. The van der Waals surface area contributed by atoms with E-state index in [4.69, 9.17) is 0 Å². The van der Waals surface area contributed by atoms with E-state index in [1.165, 1.54) is 41.3 Å². The molecule has 3 heterocycles. The highest BCUT2D eigenvalue weighted by atomic mass is 19.3. The van der Waals surface area contributed by atoms with Crippen LogP contribution in [0, 0.1) is 31.0 Å². The number of benzene rings is 1. The third-order valence-corrected chi connectivity index (χ3v) is 4.58. The van der Waals surface area contributed by atoms with Gasteiger partial charge < -0.3 is 10.1 Å². The van der Waals surface area contributed by atoms with Crippen LogP contribution >= 0.6 is 0 Å². The first kappa shape index (κ1) is 20.9. The number of aromatic nitrogens is 6. The van der Waals surface area contributed by atoms with Crippen molar-refractivity contribution in [3.05, 3.63) is 59.4 Å². The Labute approximate surface area is 179 Å². The maximum atomic E-state index is 13.2. The summed E-state index contributed by atoms with van der Waals surface area (Å²) in [5.41, 5.74) is 2.11. The summed E-state index contributed by atoms with van der Waals surface area (Å²) in [6.45, 7) is 0.314. The molecule has 0 aliphatic heterocycles. The van der Waals surface area contributed by atoms with Crippen LogP contribution in [0.1, 0.15) is 17.0 Å². The smallest absolute Gasteiger partial charge is 0.387 e. The van der Waals surface area contributed by atoms with Crippen LogP contribution in [-0.4, -0.2) is 36.6 Å². The van der Waals surface area contributed by atoms with Crippen molar-refractivity contribution in [3.8, 4) is 28.9 Å². The van der Waals surface area contributed by atoms with Crippen LogP contribution in [0.4, 0.5) is 24.8 Å². The molecule has 0 radical (unpaired) electrons. The van der Waals surface area contributed by atoms with Crippen LogP contribution in [0.15, 0.2) is 36.7 Å². The number of halogens is 3. The largest absolute Gasteiger partial charge is 0.428 e. The normalized spacial score (nSPS) is 10.9. The zero-order chi connectivity index (χ0) is 22.8. The first-order valence-electron chi connectivity index (χ1n) is 9.22. The number of ether oxygens (including phenoxy) is 1. The predicted molar refractivity (Wildman–Crippen MR) is 107 cm³/mol. The van der Waals surface area contributed by atoms with E-state index in [2.05, 4.69) is 41.4 Å². The van der Waals surface area contributed by atoms with Crippen molar-refractivity contribution in [1.82, 2.24) is 29.9 Å². The molecular formula is C20H15F3N8O. The van der Waals surface area contributed by atoms with Gasteiger partial charge in [-0.3, -0.25) is 5.10 Å². The Hall–Kier alpha value is -4.40. The van der Waals surface area contributed by atoms with E-state index in [9.17, 15) is 18.4 Å². The maximum absolute atomic E-state index is 13.2. The molecular weight excluding hydrogens is 425 g/mol. The number of aromatic amines is 1. The summed E-state index contributed by atoms with van der Waals surface area (Å²) in [4.78, 5) is 8.24. The van der Waals surface area contributed by atoms with Crippen molar-refractivity contribution in [2.45, 2.75) is 20.5 Å². The van der Waals surface area contributed by atoms with Crippen LogP contribution in [0.5, 0.6) is 5.75 Å². The van der Waals surface area contributed by atoms with Crippen molar-refractivity contribution in [2.75, 3.05) is 5.32 Å². The first-order chi connectivity index (χ1) is 15.4. The molecule has 0 fully saturated rings. The quantitative estimate of drug-likeness (QED) is 0.465. The highest BCUT2D eigenvalue weighted by Gasteiger charge is 2.21. The molecule has 0 saturated heterocycles. The van der Waals surface area contributed by atoms with Crippen molar-refractivity contribution in [2.24, 2.45) is 0 Å². The van der Waals surface area contributed by atoms with E-state index in [1.807, 2.05) is 0 Å². The minimum Gasteiger partial charge on any atom is -0.428 e. The number of aryl methyl sites for hydroxylation is 1. The highest BCUT2D eigenvalue weighted by molar-refractivity contribution is 5.75. The molecule has 4 rings (SSSR count). The number of alkyl halides is 2. The van der Waals surface area contributed by atoms with Gasteiger partial charge in [-0.05, 0) is 38.1 Å². The zero-order valence-corrected chi connectivity index (χ0v) is 16.8. The number of anilines is 2. The standard InChI is InChI=1S/C20H15F3N8O/c1-10-14(8-24)11(2)31(30-10)16-7-15(25-9-26-16)27-19-18(32-20(22)23)17(28-29-19)12-3-5-13(21)6-4-12/h3-7,9,20H,1-2H3,(H2,25,26,27,28,29). The van der Waals surface area contributed by atoms with Crippen LogP contribution in [0.25, 0.3) is 17.1 Å². The van der Waals surface area contributed by atoms with E-state index in [0.717, 1.165) is 0 Å². The van der Waals surface area contributed by atoms with Gasteiger partial charge >= 0.3 is 6.61 Å². The molecule has 4 aromatic rings. The number of nitriles is 1. The summed E-state index contributed by atoms with van der Waals surface area (Å²) >= 11 is 0. The maximum Gasteiger partial charge on any atom is 0.387 e. The van der Waals surface area contributed by atoms with Gasteiger partial charge in [0.15, 0.2) is 17.4 Å². The highest BCUT2D eigenvalue weighted by Crippen LogP contribution is 2.37. The fourth-order valence-electron chi connectivity index (χ4n) is 3.11. The van der Waals surface area contributed by atoms with Crippen LogP contribution in [0.3, 0.4) is 0 Å². The van der Waals surface area contributed by atoms with Crippen molar-refractivity contribution in [1.29, 1.82) is 5.26 Å². The van der Waals surface area contributed by atoms with Crippen molar-refractivity contribution >= 4 is 11.6 Å².